The van der Waals surface area contributed by atoms with Gasteiger partial charge in [-0.25, -0.2) is 9.59 Å². The lowest BCUT2D eigenvalue weighted by Crippen LogP contribution is -1.92. The molecule has 0 amide bonds. The van der Waals surface area contributed by atoms with Crippen molar-refractivity contribution in [2.45, 2.75) is 6.92 Å². The van der Waals surface area contributed by atoms with Gasteiger partial charge in [0.05, 0.1) is 0 Å². The number of benzene rings is 2. The third kappa shape index (κ3) is 10.1. The van der Waals surface area contributed by atoms with E-state index in [4.69, 9.17) is 10.2 Å². The molecule has 0 heterocycles. The van der Waals surface area contributed by atoms with Crippen molar-refractivity contribution in [3.8, 4) is 11.1 Å². The van der Waals surface area contributed by atoms with Gasteiger partial charge in [-0.15, -0.1) is 0 Å². The van der Waals surface area contributed by atoms with Gasteiger partial charge in [-0.2, -0.15) is 0 Å². The Hall–Kier alpha value is -3.40. The van der Waals surface area contributed by atoms with Gasteiger partial charge in [0.15, 0.2) is 0 Å². The Morgan fingerprint density at radius 3 is 1.60 bits per heavy atom. The van der Waals surface area contributed by atoms with E-state index in [1.54, 1.807) is 0 Å². The van der Waals surface area contributed by atoms with Crippen molar-refractivity contribution in [2.24, 2.45) is 0 Å². The van der Waals surface area contributed by atoms with Crippen LogP contribution in [0, 0.1) is 0 Å². The number of aliphatic carboxylic acids is 2. The van der Waals surface area contributed by atoms with E-state index in [0.717, 1.165) is 11.6 Å². The van der Waals surface area contributed by atoms with Crippen LogP contribution in [0.25, 0.3) is 17.2 Å². The van der Waals surface area contributed by atoms with Gasteiger partial charge >= 0.3 is 11.9 Å². The summed E-state index contributed by atoms with van der Waals surface area (Å²) in [6.07, 6.45) is 2.69. The summed E-state index contributed by atoms with van der Waals surface area (Å²) < 4.78 is 0. The highest BCUT2D eigenvalue weighted by Gasteiger charge is 1.94. The van der Waals surface area contributed by atoms with Crippen molar-refractivity contribution >= 4 is 18.0 Å². The summed E-state index contributed by atoms with van der Waals surface area (Å²) >= 11 is 0. The van der Waals surface area contributed by atoms with Gasteiger partial charge < -0.3 is 10.2 Å². The summed E-state index contributed by atoms with van der Waals surface area (Å²) in [5.41, 5.74) is 3.83. The Kier molecular flexibility index (Phi) is 10.4. The maximum atomic E-state index is 9.60. The van der Waals surface area contributed by atoms with E-state index >= 15 is 0 Å². The Bertz CT molecular complexity index is 701. The van der Waals surface area contributed by atoms with Gasteiger partial charge in [-0.3, -0.25) is 0 Å². The second kappa shape index (κ2) is 12.1. The molecule has 2 aromatic rings. The predicted molar refractivity (Wildman–Crippen MR) is 102 cm³/mol. The van der Waals surface area contributed by atoms with E-state index in [1.807, 2.05) is 12.1 Å². The van der Waals surface area contributed by atoms with Crippen LogP contribution >= 0.6 is 0 Å². The lowest BCUT2D eigenvalue weighted by molar-refractivity contribution is -0.133. The molecule has 0 aliphatic carbocycles. The largest absolute Gasteiger partial charge is 0.478 e. The molecule has 0 aliphatic rings. The number of carboxylic acids is 2. The zero-order chi connectivity index (χ0) is 19.2. The molecule has 0 atom stereocenters. The minimum atomic E-state index is -0.981. The van der Waals surface area contributed by atoms with Gasteiger partial charge in [-0.1, -0.05) is 80.4 Å². The minimum absolute atomic E-state index is 0.176. The van der Waals surface area contributed by atoms with Crippen molar-refractivity contribution in [1.29, 1.82) is 0 Å². The molecule has 2 N–H and O–H groups in total. The molecule has 0 aromatic heterocycles. The lowest BCUT2D eigenvalue weighted by Gasteiger charge is -2.01. The van der Waals surface area contributed by atoms with Gasteiger partial charge in [0.2, 0.25) is 0 Å². The maximum absolute atomic E-state index is 9.60. The minimum Gasteiger partial charge on any atom is -0.478 e. The average Bonchev–Trinajstić information content (AvgIpc) is 2.63. The SMILES string of the molecule is C=C(C)C(=O)O.C=CC(=O)O.C=Cc1ccc(-c2ccccc2)cc1. The van der Waals surface area contributed by atoms with Crippen LogP contribution in [0.5, 0.6) is 0 Å². The van der Waals surface area contributed by atoms with Crippen LogP contribution < -0.4 is 0 Å². The number of carbonyl (C=O) groups is 2. The number of rotatable bonds is 4. The van der Waals surface area contributed by atoms with Crippen LogP contribution in [-0.4, -0.2) is 22.2 Å². The van der Waals surface area contributed by atoms with Gasteiger partial charge in [0.25, 0.3) is 0 Å². The molecule has 0 radical (unpaired) electrons. The standard InChI is InChI=1S/C14H12.C4H6O2.C3H4O2/c1-2-12-8-10-14(11-9-12)13-6-4-3-5-7-13;1-3(2)4(5)6;1-2-3(4)5/h2-11H,1H2;1H2,2H3,(H,5,6);2H,1H2,(H,4,5). The third-order valence-electron chi connectivity index (χ3n) is 2.79. The highest BCUT2D eigenvalue weighted by molar-refractivity contribution is 5.84. The Labute approximate surface area is 148 Å². The molecule has 0 saturated carbocycles. The first-order valence-electron chi connectivity index (χ1n) is 7.33. The molecule has 0 fully saturated rings. The zero-order valence-corrected chi connectivity index (χ0v) is 14.2. The Balaban J connectivity index is 0.000000438. The first-order chi connectivity index (χ1) is 11.8. The Morgan fingerprint density at radius 1 is 0.880 bits per heavy atom. The molecule has 0 unspecified atom stereocenters. The summed E-state index contributed by atoms with van der Waals surface area (Å²) in [7, 11) is 0. The first kappa shape index (κ1) is 21.6. The van der Waals surface area contributed by atoms with E-state index in [-0.39, 0.29) is 5.57 Å². The van der Waals surface area contributed by atoms with Crippen LogP contribution in [0.1, 0.15) is 12.5 Å². The van der Waals surface area contributed by atoms with E-state index in [0.29, 0.717) is 0 Å². The van der Waals surface area contributed by atoms with E-state index in [2.05, 4.69) is 68.3 Å². The number of carboxylic acid groups (broad SMARTS) is 2. The van der Waals surface area contributed by atoms with Gasteiger partial charge in [0.1, 0.15) is 0 Å². The highest BCUT2D eigenvalue weighted by atomic mass is 16.4. The summed E-state index contributed by atoms with van der Waals surface area (Å²) in [4.78, 5) is 18.8. The molecule has 0 bridgehead atoms. The third-order valence-corrected chi connectivity index (χ3v) is 2.79. The molecule has 25 heavy (non-hydrogen) atoms. The van der Waals surface area contributed by atoms with Crippen LogP contribution in [0.4, 0.5) is 0 Å². The van der Waals surface area contributed by atoms with Crippen LogP contribution in [-0.2, 0) is 9.59 Å². The quantitative estimate of drug-likeness (QED) is 0.778. The molecular formula is C21H22O4. The van der Waals surface area contributed by atoms with E-state index in [1.165, 1.54) is 18.1 Å². The second-order valence-corrected chi connectivity index (χ2v) is 4.82. The molecule has 2 aromatic carbocycles. The molecule has 2 rings (SSSR count). The molecular weight excluding hydrogens is 316 g/mol. The van der Waals surface area contributed by atoms with Crippen LogP contribution in [0.15, 0.2) is 86.0 Å². The smallest absolute Gasteiger partial charge is 0.330 e. The predicted octanol–water partition coefficient (Wildman–Crippen LogP) is 4.90. The van der Waals surface area contributed by atoms with Crippen molar-refractivity contribution in [3.63, 3.8) is 0 Å². The molecule has 4 nitrogen and oxygen atoms in total. The molecule has 4 heteroatoms. The normalized spacial score (nSPS) is 8.52. The molecule has 130 valence electrons. The first-order valence-corrected chi connectivity index (χ1v) is 7.33. The number of hydrogen-bond acceptors (Lipinski definition) is 2. The second-order valence-electron chi connectivity index (χ2n) is 4.82. The fourth-order valence-electron chi connectivity index (χ4n) is 1.44. The van der Waals surface area contributed by atoms with E-state index in [9.17, 15) is 9.59 Å². The summed E-state index contributed by atoms with van der Waals surface area (Å²) in [6, 6.07) is 18.8. The van der Waals surface area contributed by atoms with Gasteiger partial charge in [-0.05, 0) is 23.6 Å². The number of hydrogen-bond donors (Lipinski definition) is 2. The summed E-state index contributed by atoms with van der Waals surface area (Å²) in [5.74, 6) is -1.92. The fourth-order valence-corrected chi connectivity index (χ4v) is 1.44. The maximum Gasteiger partial charge on any atom is 0.330 e. The molecule has 0 spiro atoms. The van der Waals surface area contributed by atoms with Crippen LogP contribution in [0.2, 0.25) is 0 Å². The van der Waals surface area contributed by atoms with E-state index < -0.39 is 11.9 Å². The van der Waals surface area contributed by atoms with Gasteiger partial charge in [0, 0.05) is 11.6 Å². The summed E-state index contributed by atoms with van der Waals surface area (Å²) in [6.45, 7) is 11.3. The van der Waals surface area contributed by atoms with Crippen molar-refractivity contribution in [1.82, 2.24) is 0 Å². The molecule has 0 aliphatic heterocycles. The van der Waals surface area contributed by atoms with Crippen molar-refractivity contribution in [2.75, 3.05) is 0 Å². The van der Waals surface area contributed by atoms with Crippen molar-refractivity contribution < 1.29 is 19.8 Å². The monoisotopic (exact) mass is 338 g/mol. The molecule has 0 saturated heterocycles. The highest BCUT2D eigenvalue weighted by Crippen LogP contribution is 2.19. The lowest BCUT2D eigenvalue weighted by atomic mass is 10.0. The Morgan fingerprint density at radius 2 is 1.28 bits per heavy atom. The topological polar surface area (TPSA) is 74.6 Å². The zero-order valence-electron chi connectivity index (χ0n) is 14.2. The fraction of sp³-hybridized carbons (Fsp3) is 0.0476. The van der Waals surface area contributed by atoms with Crippen molar-refractivity contribution in [3.05, 3.63) is 91.5 Å². The van der Waals surface area contributed by atoms with Crippen LogP contribution in [0.3, 0.4) is 0 Å². The summed E-state index contributed by atoms with van der Waals surface area (Å²) in [5, 5.41) is 15.5. The average molecular weight is 338 g/mol.